The number of benzene rings is 3. The summed E-state index contributed by atoms with van der Waals surface area (Å²) in [7, 11) is 2.45. The van der Waals surface area contributed by atoms with E-state index < -0.39 is 11.9 Å². The highest BCUT2D eigenvalue weighted by Gasteiger charge is 2.20. The molecular weight excluding hydrogens is 422 g/mol. The van der Waals surface area contributed by atoms with Gasteiger partial charge in [-0.2, -0.15) is 0 Å². The van der Waals surface area contributed by atoms with Gasteiger partial charge in [0.1, 0.15) is 11.5 Å². The summed E-state index contributed by atoms with van der Waals surface area (Å²) in [5.41, 5.74) is 1.63. The van der Waals surface area contributed by atoms with Crippen LogP contribution in [0.15, 0.2) is 72.8 Å². The molecule has 1 atom stereocenters. The zero-order valence-corrected chi connectivity index (χ0v) is 18.7. The zero-order valence-electron chi connectivity index (χ0n) is 18.7. The Bertz CT molecular complexity index is 1140. The molecule has 7 nitrogen and oxygen atoms in total. The molecule has 0 aliphatic heterocycles. The Kier molecular flexibility index (Phi) is 7.81. The van der Waals surface area contributed by atoms with Gasteiger partial charge in [0.25, 0.3) is 0 Å². The van der Waals surface area contributed by atoms with Crippen molar-refractivity contribution in [3.05, 3.63) is 89.5 Å². The SMILES string of the molecule is CCC(C(=O)Nc1cccc(Oc2ccc(C(=O)OC)c(C(=O)OC)c2)c1)c1ccccc1. The summed E-state index contributed by atoms with van der Waals surface area (Å²) in [6.07, 6.45) is 0.662. The minimum Gasteiger partial charge on any atom is -0.465 e. The van der Waals surface area contributed by atoms with Crippen molar-refractivity contribution in [3.8, 4) is 11.5 Å². The normalized spacial score (nSPS) is 11.2. The molecule has 0 fully saturated rings. The van der Waals surface area contributed by atoms with Crippen LogP contribution in [0.2, 0.25) is 0 Å². The van der Waals surface area contributed by atoms with Gasteiger partial charge in [-0.15, -0.1) is 0 Å². The summed E-state index contributed by atoms with van der Waals surface area (Å²) in [6, 6.07) is 20.9. The number of esters is 2. The highest BCUT2D eigenvalue weighted by Crippen LogP contribution is 2.28. The summed E-state index contributed by atoms with van der Waals surface area (Å²) in [5, 5.41) is 2.93. The van der Waals surface area contributed by atoms with Crippen molar-refractivity contribution in [3.63, 3.8) is 0 Å². The number of hydrogen-bond acceptors (Lipinski definition) is 6. The summed E-state index contributed by atoms with van der Waals surface area (Å²) < 4.78 is 15.3. The molecule has 0 bridgehead atoms. The Morgan fingerprint density at radius 2 is 1.45 bits per heavy atom. The first kappa shape index (κ1) is 23.5. The standard InChI is InChI=1S/C26H25NO6/c1-4-21(17-9-6-5-7-10-17)24(28)27-18-11-8-12-19(15-18)33-20-13-14-22(25(29)31-2)23(16-20)26(30)32-3/h5-16,21H,4H2,1-3H3,(H,27,28). The van der Waals surface area contributed by atoms with Crippen LogP contribution >= 0.6 is 0 Å². The molecule has 0 saturated carbocycles. The van der Waals surface area contributed by atoms with E-state index in [0.29, 0.717) is 23.6 Å². The van der Waals surface area contributed by atoms with E-state index in [4.69, 9.17) is 14.2 Å². The molecule has 3 rings (SSSR count). The Labute approximate surface area is 192 Å². The maximum absolute atomic E-state index is 12.8. The van der Waals surface area contributed by atoms with E-state index >= 15 is 0 Å². The van der Waals surface area contributed by atoms with Crippen molar-refractivity contribution >= 4 is 23.5 Å². The van der Waals surface area contributed by atoms with Crippen molar-refractivity contribution in [2.24, 2.45) is 0 Å². The lowest BCUT2D eigenvalue weighted by Gasteiger charge is -2.16. The molecule has 1 unspecified atom stereocenters. The fraction of sp³-hybridized carbons (Fsp3) is 0.192. The molecule has 1 amide bonds. The molecule has 3 aromatic rings. The number of ether oxygens (including phenoxy) is 3. The first-order valence-electron chi connectivity index (χ1n) is 10.4. The van der Waals surface area contributed by atoms with E-state index in [1.54, 1.807) is 30.3 Å². The van der Waals surface area contributed by atoms with Crippen LogP contribution in [-0.4, -0.2) is 32.1 Å². The van der Waals surface area contributed by atoms with Crippen LogP contribution in [0.3, 0.4) is 0 Å². The van der Waals surface area contributed by atoms with Gasteiger partial charge in [-0.05, 0) is 42.3 Å². The zero-order chi connectivity index (χ0) is 23.8. The number of rotatable bonds is 8. The summed E-state index contributed by atoms with van der Waals surface area (Å²) >= 11 is 0. The number of anilines is 1. The van der Waals surface area contributed by atoms with Crippen LogP contribution in [-0.2, 0) is 14.3 Å². The average Bonchev–Trinajstić information content (AvgIpc) is 2.84. The predicted octanol–water partition coefficient (Wildman–Crippen LogP) is 5.18. The second-order valence-electron chi connectivity index (χ2n) is 7.18. The van der Waals surface area contributed by atoms with E-state index in [1.807, 2.05) is 37.3 Å². The van der Waals surface area contributed by atoms with E-state index in [-0.39, 0.29) is 23.0 Å². The van der Waals surface area contributed by atoms with E-state index in [1.165, 1.54) is 26.4 Å². The highest BCUT2D eigenvalue weighted by molar-refractivity contribution is 6.03. The van der Waals surface area contributed by atoms with Gasteiger partial charge in [0, 0.05) is 11.8 Å². The van der Waals surface area contributed by atoms with Gasteiger partial charge in [0.15, 0.2) is 0 Å². The Hall–Kier alpha value is -4.13. The number of carbonyl (C=O) groups is 3. The quantitative estimate of drug-likeness (QED) is 0.478. The first-order valence-corrected chi connectivity index (χ1v) is 10.4. The molecule has 0 aromatic heterocycles. The lowest BCUT2D eigenvalue weighted by molar-refractivity contribution is -0.117. The van der Waals surface area contributed by atoms with E-state index in [9.17, 15) is 14.4 Å². The summed E-state index contributed by atoms with van der Waals surface area (Å²) in [5.74, 6) is -0.964. The molecule has 0 aliphatic carbocycles. The molecule has 0 radical (unpaired) electrons. The minimum absolute atomic E-state index is 0.0277. The van der Waals surface area contributed by atoms with Gasteiger partial charge in [-0.25, -0.2) is 9.59 Å². The number of amides is 1. The molecule has 0 heterocycles. The Balaban J connectivity index is 1.79. The van der Waals surface area contributed by atoms with Gasteiger partial charge in [-0.3, -0.25) is 4.79 Å². The van der Waals surface area contributed by atoms with E-state index in [2.05, 4.69) is 5.32 Å². The maximum Gasteiger partial charge on any atom is 0.338 e. The monoisotopic (exact) mass is 447 g/mol. The molecule has 1 N–H and O–H groups in total. The Morgan fingerprint density at radius 3 is 2.12 bits per heavy atom. The van der Waals surface area contributed by atoms with Crippen LogP contribution in [0.5, 0.6) is 11.5 Å². The van der Waals surface area contributed by atoms with Crippen molar-refractivity contribution in [2.45, 2.75) is 19.3 Å². The predicted molar refractivity (Wildman–Crippen MR) is 124 cm³/mol. The summed E-state index contributed by atoms with van der Waals surface area (Å²) in [6.45, 7) is 1.97. The average molecular weight is 447 g/mol. The number of hydrogen-bond donors (Lipinski definition) is 1. The largest absolute Gasteiger partial charge is 0.465 e. The van der Waals surface area contributed by atoms with Crippen LogP contribution in [0.4, 0.5) is 5.69 Å². The van der Waals surface area contributed by atoms with Gasteiger partial charge < -0.3 is 19.5 Å². The highest BCUT2D eigenvalue weighted by atomic mass is 16.5. The van der Waals surface area contributed by atoms with Gasteiger partial charge in [-0.1, -0.05) is 43.3 Å². The second kappa shape index (κ2) is 10.9. The minimum atomic E-state index is -0.687. The third kappa shape index (κ3) is 5.77. The van der Waals surface area contributed by atoms with Crippen LogP contribution in [0.25, 0.3) is 0 Å². The van der Waals surface area contributed by atoms with Gasteiger partial charge >= 0.3 is 11.9 Å². The fourth-order valence-electron chi connectivity index (χ4n) is 3.41. The lowest BCUT2D eigenvalue weighted by atomic mass is 9.95. The smallest absolute Gasteiger partial charge is 0.338 e. The molecule has 0 saturated heterocycles. The van der Waals surface area contributed by atoms with Gasteiger partial charge in [0.2, 0.25) is 5.91 Å². The van der Waals surface area contributed by atoms with Crippen molar-refractivity contribution in [1.29, 1.82) is 0 Å². The third-order valence-corrected chi connectivity index (χ3v) is 5.07. The first-order chi connectivity index (χ1) is 16.0. The molecule has 7 heteroatoms. The number of methoxy groups -OCH3 is 2. The molecular formula is C26H25NO6. The van der Waals surface area contributed by atoms with Crippen molar-refractivity contribution in [2.75, 3.05) is 19.5 Å². The van der Waals surface area contributed by atoms with Crippen molar-refractivity contribution in [1.82, 2.24) is 0 Å². The number of nitrogens with one attached hydrogen (secondary N) is 1. The molecule has 3 aromatic carbocycles. The van der Waals surface area contributed by atoms with E-state index in [0.717, 1.165) is 5.56 Å². The maximum atomic E-state index is 12.8. The molecule has 170 valence electrons. The third-order valence-electron chi connectivity index (χ3n) is 5.07. The summed E-state index contributed by atoms with van der Waals surface area (Å²) in [4.78, 5) is 36.9. The van der Waals surface area contributed by atoms with Crippen LogP contribution in [0.1, 0.15) is 45.5 Å². The molecule has 0 spiro atoms. The number of carbonyl (C=O) groups excluding carboxylic acids is 3. The van der Waals surface area contributed by atoms with Crippen molar-refractivity contribution < 1.29 is 28.6 Å². The lowest BCUT2D eigenvalue weighted by Crippen LogP contribution is -2.20. The van der Waals surface area contributed by atoms with Gasteiger partial charge in [0.05, 0.1) is 31.3 Å². The topological polar surface area (TPSA) is 90.9 Å². The fourth-order valence-corrected chi connectivity index (χ4v) is 3.41. The molecule has 33 heavy (non-hydrogen) atoms. The Morgan fingerprint density at radius 1 is 0.788 bits per heavy atom. The second-order valence-corrected chi connectivity index (χ2v) is 7.18. The van der Waals surface area contributed by atoms with Crippen LogP contribution in [0, 0.1) is 0 Å². The molecule has 0 aliphatic rings. The van der Waals surface area contributed by atoms with Crippen LogP contribution < -0.4 is 10.1 Å².